The number of piperazine rings is 1. The fraction of sp³-hybridized carbons (Fsp3) is 0.316. The zero-order chi connectivity index (χ0) is 17.8. The average Bonchev–Trinajstić information content (AvgIpc) is 2.62. The second kappa shape index (κ2) is 7.44. The van der Waals surface area contributed by atoms with Gasteiger partial charge in [-0.15, -0.1) is 0 Å². The fourth-order valence-corrected chi connectivity index (χ4v) is 2.86. The summed E-state index contributed by atoms with van der Waals surface area (Å²) < 4.78 is 0. The maximum atomic E-state index is 11.5. The van der Waals surface area contributed by atoms with E-state index in [-0.39, 0.29) is 10.6 Å². The Hall–Kier alpha value is -2.73. The van der Waals surface area contributed by atoms with Gasteiger partial charge in [-0.25, -0.2) is 0 Å². The largest absolute Gasteiger partial charge is 0.363 e. The Labute approximate surface area is 147 Å². The lowest BCUT2D eigenvalue weighted by Gasteiger charge is -2.33. The van der Waals surface area contributed by atoms with E-state index in [1.807, 2.05) is 43.3 Å². The number of benzene rings is 2. The first kappa shape index (κ1) is 17.1. The van der Waals surface area contributed by atoms with Crippen molar-refractivity contribution < 1.29 is 4.92 Å². The third-order valence-electron chi connectivity index (χ3n) is 4.44. The molecule has 1 saturated heterocycles. The van der Waals surface area contributed by atoms with Crippen LogP contribution in [-0.4, -0.2) is 49.3 Å². The van der Waals surface area contributed by atoms with Crippen molar-refractivity contribution in [2.24, 2.45) is 4.99 Å². The fourth-order valence-electron chi connectivity index (χ4n) is 2.86. The number of nitrogens with zero attached hydrogens (tertiary/aromatic N) is 4. The molecule has 2 aromatic rings. The summed E-state index contributed by atoms with van der Waals surface area (Å²) in [4.78, 5) is 19.9. The van der Waals surface area contributed by atoms with E-state index in [4.69, 9.17) is 0 Å². The number of anilines is 1. The molecule has 0 aromatic heterocycles. The molecular formula is C19H22N4O2. The molecule has 0 spiro atoms. The van der Waals surface area contributed by atoms with E-state index in [0.717, 1.165) is 37.4 Å². The summed E-state index contributed by atoms with van der Waals surface area (Å²) in [6, 6.07) is 13.2. The van der Waals surface area contributed by atoms with Crippen molar-refractivity contribution in [2.75, 3.05) is 38.1 Å². The van der Waals surface area contributed by atoms with Gasteiger partial charge in [0.15, 0.2) is 0 Å². The molecule has 0 bridgehead atoms. The van der Waals surface area contributed by atoms with Crippen molar-refractivity contribution in [3.05, 3.63) is 63.7 Å². The highest BCUT2D eigenvalue weighted by atomic mass is 16.6. The van der Waals surface area contributed by atoms with Gasteiger partial charge in [-0.2, -0.15) is 0 Å². The second-order valence-electron chi connectivity index (χ2n) is 6.39. The molecule has 0 radical (unpaired) electrons. The van der Waals surface area contributed by atoms with Crippen molar-refractivity contribution in [2.45, 2.75) is 6.92 Å². The van der Waals surface area contributed by atoms with E-state index in [0.29, 0.717) is 5.69 Å². The molecule has 25 heavy (non-hydrogen) atoms. The van der Waals surface area contributed by atoms with Crippen LogP contribution < -0.4 is 4.90 Å². The molecule has 0 aliphatic carbocycles. The molecular weight excluding hydrogens is 316 g/mol. The molecule has 1 aliphatic heterocycles. The summed E-state index contributed by atoms with van der Waals surface area (Å²) in [5.41, 5.74) is 3.55. The van der Waals surface area contributed by atoms with Crippen LogP contribution in [0.25, 0.3) is 0 Å². The van der Waals surface area contributed by atoms with Gasteiger partial charge < -0.3 is 9.80 Å². The zero-order valence-electron chi connectivity index (χ0n) is 14.6. The Morgan fingerprint density at radius 2 is 1.76 bits per heavy atom. The number of aryl methyl sites for hydroxylation is 1. The van der Waals surface area contributed by atoms with Gasteiger partial charge in [0.1, 0.15) is 5.69 Å². The van der Waals surface area contributed by atoms with Crippen molar-refractivity contribution in [1.82, 2.24) is 4.90 Å². The van der Waals surface area contributed by atoms with Crippen LogP contribution >= 0.6 is 0 Å². The SMILES string of the molecule is Cc1ccc(N=Cc2ccc(N3CCN(C)CC3)c([N+](=O)[O-])c2)cc1. The van der Waals surface area contributed by atoms with Crippen LogP contribution in [0.5, 0.6) is 0 Å². The number of hydrogen-bond donors (Lipinski definition) is 0. The van der Waals surface area contributed by atoms with Crippen LogP contribution in [0.15, 0.2) is 47.5 Å². The highest BCUT2D eigenvalue weighted by Crippen LogP contribution is 2.29. The van der Waals surface area contributed by atoms with Crippen molar-refractivity contribution in [1.29, 1.82) is 0 Å². The van der Waals surface area contributed by atoms with Gasteiger partial charge in [0, 0.05) is 38.5 Å². The molecule has 6 heteroatoms. The first-order valence-corrected chi connectivity index (χ1v) is 8.35. The molecule has 130 valence electrons. The van der Waals surface area contributed by atoms with Crippen LogP contribution in [0.4, 0.5) is 17.1 Å². The van der Waals surface area contributed by atoms with Crippen LogP contribution in [0.1, 0.15) is 11.1 Å². The number of rotatable bonds is 4. The molecule has 0 saturated carbocycles. The number of hydrogen-bond acceptors (Lipinski definition) is 5. The van der Waals surface area contributed by atoms with Gasteiger partial charge in [0.05, 0.1) is 10.6 Å². The van der Waals surface area contributed by atoms with Crippen molar-refractivity contribution in [3.63, 3.8) is 0 Å². The summed E-state index contributed by atoms with van der Waals surface area (Å²) >= 11 is 0. The minimum Gasteiger partial charge on any atom is -0.363 e. The molecule has 2 aromatic carbocycles. The predicted molar refractivity (Wildman–Crippen MR) is 101 cm³/mol. The van der Waals surface area contributed by atoms with Crippen LogP contribution in [0, 0.1) is 17.0 Å². The highest BCUT2D eigenvalue weighted by molar-refractivity contribution is 5.85. The van der Waals surface area contributed by atoms with Crippen LogP contribution in [0.3, 0.4) is 0 Å². The average molecular weight is 338 g/mol. The summed E-state index contributed by atoms with van der Waals surface area (Å²) in [7, 11) is 2.07. The van der Waals surface area contributed by atoms with Crippen molar-refractivity contribution >= 4 is 23.3 Å². The summed E-state index contributed by atoms with van der Waals surface area (Å²) in [5.74, 6) is 0. The molecule has 3 rings (SSSR count). The number of nitro groups is 1. The van der Waals surface area contributed by atoms with Crippen LogP contribution in [0.2, 0.25) is 0 Å². The number of aliphatic imine (C=N–C) groups is 1. The van der Waals surface area contributed by atoms with E-state index < -0.39 is 0 Å². The van der Waals surface area contributed by atoms with Gasteiger partial charge in [0.2, 0.25) is 0 Å². The Morgan fingerprint density at radius 3 is 2.40 bits per heavy atom. The summed E-state index contributed by atoms with van der Waals surface area (Å²) in [6.07, 6.45) is 1.67. The summed E-state index contributed by atoms with van der Waals surface area (Å²) in [5, 5.41) is 11.5. The van der Waals surface area contributed by atoms with E-state index in [9.17, 15) is 10.1 Å². The first-order chi connectivity index (χ1) is 12.0. The molecule has 0 unspecified atom stereocenters. The third-order valence-corrected chi connectivity index (χ3v) is 4.44. The highest BCUT2D eigenvalue weighted by Gasteiger charge is 2.22. The van der Waals surface area contributed by atoms with E-state index in [2.05, 4.69) is 21.8 Å². The molecule has 6 nitrogen and oxygen atoms in total. The lowest BCUT2D eigenvalue weighted by Crippen LogP contribution is -2.44. The van der Waals surface area contributed by atoms with Gasteiger partial charge in [-0.05, 0) is 37.7 Å². The van der Waals surface area contributed by atoms with Gasteiger partial charge in [-0.3, -0.25) is 15.1 Å². The molecule has 0 N–H and O–H groups in total. The molecule has 0 atom stereocenters. The van der Waals surface area contributed by atoms with E-state index >= 15 is 0 Å². The minimum absolute atomic E-state index is 0.136. The number of nitro benzene ring substituents is 1. The standard InChI is InChI=1S/C19H22N4O2/c1-15-3-6-17(7-4-15)20-14-16-5-8-18(19(13-16)23(24)25)22-11-9-21(2)10-12-22/h3-8,13-14H,9-12H2,1-2H3. The monoisotopic (exact) mass is 338 g/mol. The van der Waals surface area contributed by atoms with Gasteiger partial charge >= 0.3 is 0 Å². The topological polar surface area (TPSA) is 62.0 Å². The quantitative estimate of drug-likeness (QED) is 0.487. The molecule has 1 fully saturated rings. The van der Waals surface area contributed by atoms with E-state index in [1.165, 1.54) is 5.56 Å². The minimum atomic E-state index is -0.309. The second-order valence-corrected chi connectivity index (χ2v) is 6.39. The van der Waals surface area contributed by atoms with Crippen LogP contribution in [-0.2, 0) is 0 Å². The van der Waals surface area contributed by atoms with E-state index in [1.54, 1.807) is 12.3 Å². The third kappa shape index (κ3) is 4.22. The maximum Gasteiger partial charge on any atom is 0.293 e. The zero-order valence-corrected chi connectivity index (χ0v) is 14.6. The first-order valence-electron chi connectivity index (χ1n) is 8.35. The smallest absolute Gasteiger partial charge is 0.293 e. The predicted octanol–water partition coefficient (Wildman–Crippen LogP) is 3.41. The van der Waals surface area contributed by atoms with Crippen molar-refractivity contribution in [3.8, 4) is 0 Å². The Bertz CT molecular complexity index is 779. The summed E-state index contributed by atoms with van der Waals surface area (Å²) in [6.45, 7) is 5.44. The molecule has 1 aliphatic rings. The Morgan fingerprint density at radius 1 is 1.08 bits per heavy atom. The Kier molecular flexibility index (Phi) is 5.09. The lowest BCUT2D eigenvalue weighted by atomic mass is 10.1. The lowest BCUT2D eigenvalue weighted by molar-refractivity contribution is -0.384. The molecule has 0 amide bonds. The van der Waals surface area contributed by atoms with Gasteiger partial charge in [-0.1, -0.05) is 23.8 Å². The number of likely N-dealkylation sites (N-methyl/N-ethyl adjacent to an activating group) is 1. The van der Waals surface area contributed by atoms with Gasteiger partial charge in [0.25, 0.3) is 5.69 Å². The Balaban J connectivity index is 1.83. The maximum absolute atomic E-state index is 11.5. The normalized spacial score (nSPS) is 15.7. The molecule has 1 heterocycles.